The minimum atomic E-state index is -0.143. The quantitative estimate of drug-likeness (QED) is 0.790. The Bertz CT molecular complexity index is 696. The predicted molar refractivity (Wildman–Crippen MR) is 104 cm³/mol. The van der Waals surface area contributed by atoms with E-state index in [4.69, 9.17) is 0 Å². The number of aromatic nitrogens is 2. The van der Waals surface area contributed by atoms with Gasteiger partial charge in [0.05, 0.1) is 5.25 Å². The van der Waals surface area contributed by atoms with Gasteiger partial charge < -0.3 is 10.2 Å². The van der Waals surface area contributed by atoms with Crippen LogP contribution in [0.15, 0.2) is 34.7 Å². The number of para-hydroxylation sites is 1. The molecule has 3 rings (SSSR count). The van der Waals surface area contributed by atoms with Crippen molar-refractivity contribution in [3.8, 4) is 0 Å². The topological polar surface area (TPSA) is 58.1 Å². The monoisotopic (exact) mass is 376 g/mol. The van der Waals surface area contributed by atoms with Gasteiger partial charge in [0, 0.05) is 18.8 Å². The number of likely N-dealkylation sites (tertiary alicyclic amines) is 1. The van der Waals surface area contributed by atoms with Gasteiger partial charge in [-0.25, -0.2) is 0 Å². The van der Waals surface area contributed by atoms with Gasteiger partial charge in [0.2, 0.25) is 11.0 Å². The molecule has 1 aromatic heterocycles. The Hall–Kier alpha value is -1.60. The first kappa shape index (κ1) is 18.2. The first-order valence-corrected chi connectivity index (χ1v) is 10.3. The molecule has 3 atom stereocenters. The number of rotatable bonds is 5. The van der Waals surface area contributed by atoms with Crippen molar-refractivity contribution in [1.82, 2.24) is 15.1 Å². The molecule has 2 aromatic rings. The summed E-state index contributed by atoms with van der Waals surface area (Å²) >= 11 is 2.97. The average Bonchev–Trinajstić information content (AvgIpc) is 3.01. The van der Waals surface area contributed by atoms with E-state index < -0.39 is 0 Å². The van der Waals surface area contributed by atoms with E-state index in [1.807, 2.05) is 42.2 Å². The molecule has 1 N–H and O–H groups in total. The summed E-state index contributed by atoms with van der Waals surface area (Å²) in [6.45, 7) is 8.14. The molecule has 0 radical (unpaired) electrons. The molecule has 0 saturated carbocycles. The Kier molecular flexibility index (Phi) is 5.96. The zero-order chi connectivity index (χ0) is 17.8. The van der Waals surface area contributed by atoms with Gasteiger partial charge in [-0.1, -0.05) is 55.1 Å². The van der Waals surface area contributed by atoms with Crippen molar-refractivity contribution in [3.63, 3.8) is 0 Å². The van der Waals surface area contributed by atoms with E-state index in [-0.39, 0.29) is 11.2 Å². The lowest BCUT2D eigenvalue weighted by Gasteiger charge is -2.36. The van der Waals surface area contributed by atoms with Crippen LogP contribution >= 0.6 is 23.1 Å². The highest BCUT2D eigenvalue weighted by molar-refractivity contribution is 8.02. The Balaban J connectivity index is 1.57. The summed E-state index contributed by atoms with van der Waals surface area (Å²) in [6, 6.07) is 9.89. The minimum absolute atomic E-state index is 0.143. The summed E-state index contributed by atoms with van der Waals surface area (Å²) in [4.78, 5) is 14.8. The fourth-order valence-corrected chi connectivity index (χ4v) is 5.25. The van der Waals surface area contributed by atoms with Crippen LogP contribution in [0.1, 0.15) is 27.2 Å². The van der Waals surface area contributed by atoms with Crippen molar-refractivity contribution in [2.24, 2.45) is 11.8 Å². The maximum atomic E-state index is 12.7. The fourth-order valence-electron chi connectivity index (χ4n) is 3.25. The summed E-state index contributed by atoms with van der Waals surface area (Å²) in [7, 11) is 0. The molecular weight excluding hydrogens is 352 g/mol. The molecule has 1 fully saturated rings. The average molecular weight is 377 g/mol. The lowest BCUT2D eigenvalue weighted by atomic mass is 9.92. The molecular formula is C18H24N4OS2. The first-order chi connectivity index (χ1) is 12.0. The molecule has 25 heavy (non-hydrogen) atoms. The van der Waals surface area contributed by atoms with Gasteiger partial charge >= 0.3 is 0 Å². The van der Waals surface area contributed by atoms with Crippen molar-refractivity contribution in [2.75, 3.05) is 18.4 Å². The smallest absolute Gasteiger partial charge is 0.235 e. The van der Waals surface area contributed by atoms with Crippen molar-refractivity contribution in [1.29, 1.82) is 0 Å². The molecule has 2 heterocycles. The molecule has 0 bridgehead atoms. The minimum Gasteiger partial charge on any atom is -0.341 e. The number of amides is 1. The van der Waals surface area contributed by atoms with E-state index in [2.05, 4.69) is 29.4 Å². The van der Waals surface area contributed by atoms with Crippen LogP contribution in [0.5, 0.6) is 0 Å². The predicted octanol–water partition coefficient (Wildman–Crippen LogP) is 4.27. The summed E-state index contributed by atoms with van der Waals surface area (Å²) in [6.07, 6.45) is 1.20. The van der Waals surface area contributed by atoms with Gasteiger partial charge in [-0.15, -0.1) is 10.2 Å². The van der Waals surface area contributed by atoms with Crippen molar-refractivity contribution in [3.05, 3.63) is 30.3 Å². The van der Waals surface area contributed by atoms with Gasteiger partial charge in [0.25, 0.3) is 0 Å². The zero-order valence-corrected chi connectivity index (χ0v) is 16.4. The second-order valence-corrected chi connectivity index (χ2v) is 9.38. The van der Waals surface area contributed by atoms with E-state index in [1.54, 1.807) is 0 Å². The summed E-state index contributed by atoms with van der Waals surface area (Å²) in [5.41, 5.74) is 0.982. The highest BCUT2D eigenvalue weighted by Crippen LogP contribution is 2.32. The summed E-state index contributed by atoms with van der Waals surface area (Å²) in [5, 5.41) is 12.2. The summed E-state index contributed by atoms with van der Waals surface area (Å²) < 4.78 is 0.817. The maximum absolute atomic E-state index is 12.7. The number of carbonyl (C=O) groups excluding carboxylic acids is 1. The molecule has 1 aromatic carbocycles. The van der Waals surface area contributed by atoms with Gasteiger partial charge in [-0.05, 0) is 37.3 Å². The maximum Gasteiger partial charge on any atom is 0.235 e. The molecule has 0 aliphatic carbocycles. The molecule has 7 heteroatoms. The number of hydrogen-bond donors (Lipinski definition) is 1. The van der Waals surface area contributed by atoms with Crippen molar-refractivity contribution < 1.29 is 4.79 Å². The third kappa shape index (κ3) is 4.95. The second kappa shape index (κ2) is 8.19. The zero-order valence-electron chi connectivity index (χ0n) is 14.8. The first-order valence-electron chi connectivity index (χ1n) is 8.62. The Morgan fingerprint density at radius 1 is 1.24 bits per heavy atom. The number of hydrogen-bond acceptors (Lipinski definition) is 6. The number of piperidine rings is 1. The van der Waals surface area contributed by atoms with Crippen LogP contribution in [0.4, 0.5) is 10.8 Å². The highest BCUT2D eigenvalue weighted by atomic mass is 32.2. The Morgan fingerprint density at radius 3 is 2.60 bits per heavy atom. The molecule has 1 aliphatic heterocycles. The van der Waals surface area contributed by atoms with Crippen LogP contribution < -0.4 is 5.32 Å². The van der Waals surface area contributed by atoms with E-state index in [9.17, 15) is 4.79 Å². The number of anilines is 2. The van der Waals surface area contributed by atoms with Gasteiger partial charge in [0.15, 0.2) is 4.34 Å². The second-order valence-electron chi connectivity index (χ2n) is 6.81. The third-order valence-electron chi connectivity index (χ3n) is 4.24. The summed E-state index contributed by atoms with van der Waals surface area (Å²) in [5.74, 6) is 1.36. The molecule has 5 nitrogen and oxygen atoms in total. The van der Waals surface area contributed by atoms with E-state index in [0.29, 0.717) is 11.8 Å². The molecule has 1 saturated heterocycles. The van der Waals surface area contributed by atoms with Crippen LogP contribution in [0.25, 0.3) is 0 Å². The van der Waals surface area contributed by atoms with Crippen molar-refractivity contribution >= 4 is 39.8 Å². The number of carbonyl (C=O) groups is 1. The standard InChI is InChI=1S/C18H24N4OS2/c1-12-9-13(2)11-22(10-12)16(23)14(3)24-18-21-20-17(25-18)19-15-7-5-4-6-8-15/h4-8,12-14H,9-11H2,1-3H3,(H,19,20). The molecule has 3 unspecified atom stereocenters. The van der Waals surface area contributed by atoms with Gasteiger partial charge in [-0.3, -0.25) is 4.79 Å². The molecule has 0 spiro atoms. The fraction of sp³-hybridized carbons (Fsp3) is 0.500. The van der Waals surface area contributed by atoms with Crippen LogP contribution in [0.3, 0.4) is 0 Å². The van der Waals surface area contributed by atoms with Crippen LogP contribution in [0.2, 0.25) is 0 Å². The third-order valence-corrected chi connectivity index (χ3v) is 6.25. The van der Waals surface area contributed by atoms with Crippen LogP contribution in [-0.4, -0.2) is 39.3 Å². The van der Waals surface area contributed by atoms with Gasteiger partial charge in [-0.2, -0.15) is 0 Å². The van der Waals surface area contributed by atoms with Gasteiger partial charge in [0.1, 0.15) is 0 Å². The molecule has 134 valence electrons. The van der Waals surface area contributed by atoms with E-state index in [1.165, 1.54) is 29.5 Å². The largest absolute Gasteiger partial charge is 0.341 e. The SMILES string of the molecule is CC1CC(C)CN(C(=O)C(C)Sc2nnc(Nc3ccccc3)s2)C1. The Labute approximate surface area is 157 Å². The lowest BCUT2D eigenvalue weighted by molar-refractivity contribution is -0.132. The van der Waals surface area contributed by atoms with Crippen LogP contribution in [0, 0.1) is 11.8 Å². The molecule has 1 amide bonds. The van der Waals surface area contributed by atoms with E-state index in [0.717, 1.165) is 28.2 Å². The number of thioether (sulfide) groups is 1. The highest BCUT2D eigenvalue weighted by Gasteiger charge is 2.29. The number of benzene rings is 1. The normalized spacial score (nSPS) is 21.8. The number of nitrogens with zero attached hydrogens (tertiary/aromatic N) is 3. The molecule has 1 aliphatic rings. The van der Waals surface area contributed by atoms with E-state index >= 15 is 0 Å². The van der Waals surface area contributed by atoms with Crippen LogP contribution in [-0.2, 0) is 4.79 Å². The lowest BCUT2D eigenvalue weighted by Crippen LogP contribution is -2.45. The Morgan fingerprint density at radius 2 is 1.92 bits per heavy atom. The number of nitrogens with one attached hydrogen (secondary N) is 1. The van der Waals surface area contributed by atoms with Crippen molar-refractivity contribution in [2.45, 2.75) is 36.8 Å².